The first-order chi connectivity index (χ1) is 16.0. The standard InChI is InChI=1S/C14H32N2O4.C9H8N2O2S/c1-11(17)7-15(8-12(2)18)5-6-16(9-13(3)19)10-14(4)20;12-8-6-11(9(13)10-8)14-7-4-2-1-3-5-7/h11-14,17-20H,5-10H2,1-4H3;1-5H,6H2,(H,10,12,13). The van der Waals surface area contributed by atoms with Crippen molar-refractivity contribution in [2.24, 2.45) is 0 Å². The second kappa shape index (κ2) is 16.0. The molecule has 0 spiro atoms. The zero-order valence-electron chi connectivity index (χ0n) is 20.5. The Balaban J connectivity index is 0.000000358. The van der Waals surface area contributed by atoms with Crippen LogP contribution in [-0.2, 0) is 4.79 Å². The fraction of sp³-hybridized carbons (Fsp3) is 0.652. The molecular weight excluding hydrogens is 460 g/mol. The number of hydrogen-bond donors (Lipinski definition) is 5. The van der Waals surface area contributed by atoms with Gasteiger partial charge in [0.1, 0.15) is 6.54 Å². The van der Waals surface area contributed by atoms with Gasteiger partial charge in [-0.3, -0.25) is 24.2 Å². The predicted octanol–water partition coefficient (Wildman–Crippen LogP) is 0.359. The quantitative estimate of drug-likeness (QED) is 0.192. The van der Waals surface area contributed by atoms with Crippen molar-refractivity contribution in [3.05, 3.63) is 30.3 Å². The van der Waals surface area contributed by atoms with Gasteiger partial charge < -0.3 is 20.4 Å². The molecule has 11 heteroatoms. The van der Waals surface area contributed by atoms with Gasteiger partial charge in [-0.25, -0.2) is 4.79 Å². The van der Waals surface area contributed by atoms with Crippen molar-refractivity contribution in [1.82, 2.24) is 19.4 Å². The van der Waals surface area contributed by atoms with E-state index in [-0.39, 0.29) is 18.5 Å². The van der Waals surface area contributed by atoms with E-state index in [0.717, 1.165) is 4.90 Å². The van der Waals surface area contributed by atoms with Crippen LogP contribution in [0.15, 0.2) is 35.2 Å². The van der Waals surface area contributed by atoms with Gasteiger partial charge in [0.25, 0.3) is 0 Å². The van der Waals surface area contributed by atoms with E-state index >= 15 is 0 Å². The second-order valence-corrected chi connectivity index (χ2v) is 9.80. The molecule has 10 nitrogen and oxygen atoms in total. The van der Waals surface area contributed by atoms with Crippen LogP contribution in [0.25, 0.3) is 0 Å². The lowest BCUT2D eigenvalue weighted by atomic mass is 10.2. The summed E-state index contributed by atoms with van der Waals surface area (Å²) in [7, 11) is 0. The summed E-state index contributed by atoms with van der Waals surface area (Å²) in [5, 5.41) is 40.1. The molecule has 34 heavy (non-hydrogen) atoms. The number of urea groups is 1. The fourth-order valence-corrected chi connectivity index (χ4v) is 4.24. The summed E-state index contributed by atoms with van der Waals surface area (Å²) < 4.78 is 1.40. The molecular formula is C23H40N4O6S. The van der Waals surface area contributed by atoms with Crippen LogP contribution in [0.1, 0.15) is 27.7 Å². The van der Waals surface area contributed by atoms with Crippen LogP contribution in [0, 0.1) is 0 Å². The highest BCUT2D eigenvalue weighted by atomic mass is 32.2. The zero-order chi connectivity index (χ0) is 25.7. The smallest absolute Gasteiger partial charge is 0.334 e. The Hall–Kier alpha value is -1.73. The highest BCUT2D eigenvalue weighted by Crippen LogP contribution is 2.23. The number of carbonyl (C=O) groups is 2. The Labute approximate surface area is 206 Å². The first kappa shape index (κ1) is 30.3. The molecule has 0 saturated carbocycles. The highest BCUT2D eigenvalue weighted by Gasteiger charge is 2.27. The molecule has 1 aliphatic heterocycles. The SMILES string of the molecule is CC(O)CN(CCN(CC(C)O)CC(C)O)CC(C)O.O=C1CN(Sc2ccccc2)C(=O)N1. The molecule has 1 heterocycles. The van der Waals surface area contributed by atoms with E-state index in [1.165, 1.54) is 16.3 Å². The average molecular weight is 501 g/mol. The molecule has 3 amide bonds. The van der Waals surface area contributed by atoms with E-state index in [4.69, 9.17) is 0 Å². The van der Waals surface area contributed by atoms with Crippen LogP contribution >= 0.6 is 11.9 Å². The number of nitrogens with zero attached hydrogens (tertiary/aromatic N) is 3. The van der Waals surface area contributed by atoms with Crippen molar-refractivity contribution >= 4 is 23.9 Å². The minimum atomic E-state index is -0.448. The molecule has 1 saturated heterocycles. The third kappa shape index (κ3) is 13.9. The largest absolute Gasteiger partial charge is 0.392 e. The molecule has 0 aromatic heterocycles. The minimum absolute atomic E-state index is 0.123. The number of aliphatic hydroxyl groups is 4. The Morgan fingerprint density at radius 1 is 0.824 bits per heavy atom. The Bertz CT molecular complexity index is 677. The van der Waals surface area contributed by atoms with E-state index in [2.05, 4.69) is 5.32 Å². The fourth-order valence-electron chi connectivity index (χ4n) is 3.40. The maximum atomic E-state index is 11.2. The number of nitrogens with one attached hydrogen (secondary N) is 1. The van der Waals surface area contributed by atoms with E-state index in [1.54, 1.807) is 27.7 Å². The topological polar surface area (TPSA) is 137 Å². The van der Waals surface area contributed by atoms with Crippen molar-refractivity contribution in [3.63, 3.8) is 0 Å². The van der Waals surface area contributed by atoms with Crippen molar-refractivity contribution in [1.29, 1.82) is 0 Å². The lowest BCUT2D eigenvalue weighted by molar-refractivity contribution is -0.118. The molecule has 4 atom stereocenters. The number of amides is 3. The first-order valence-corrected chi connectivity index (χ1v) is 12.2. The van der Waals surface area contributed by atoms with Gasteiger partial charge in [0, 0.05) is 44.2 Å². The number of rotatable bonds is 13. The first-order valence-electron chi connectivity index (χ1n) is 11.5. The third-order valence-electron chi connectivity index (χ3n) is 4.54. The lowest BCUT2D eigenvalue weighted by Gasteiger charge is -2.30. The van der Waals surface area contributed by atoms with Crippen LogP contribution < -0.4 is 5.32 Å². The van der Waals surface area contributed by atoms with E-state index in [0.29, 0.717) is 39.3 Å². The van der Waals surface area contributed by atoms with Crippen LogP contribution in [0.2, 0.25) is 0 Å². The highest BCUT2D eigenvalue weighted by molar-refractivity contribution is 7.97. The summed E-state index contributed by atoms with van der Waals surface area (Å²) in [5.74, 6) is -0.251. The van der Waals surface area contributed by atoms with Crippen molar-refractivity contribution in [2.45, 2.75) is 57.0 Å². The third-order valence-corrected chi connectivity index (χ3v) is 5.54. The van der Waals surface area contributed by atoms with Crippen molar-refractivity contribution in [3.8, 4) is 0 Å². The number of hydrogen-bond acceptors (Lipinski definition) is 9. The molecule has 1 aliphatic rings. The molecule has 0 aliphatic carbocycles. The van der Waals surface area contributed by atoms with E-state index < -0.39 is 24.4 Å². The van der Waals surface area contributed by atoms with Gasteiger partial charge >= 0.3 is 6.03 Å². The Kier molecular flexibility index (Phi) is 14.3. The van der Waals surface area contributed by atoms with Gasteiger partial charge in [0.05, 0.1) is 24.4 Å². The summed E-state index contributed by atoms with van der Waals surface area (Å²) in [6.45, 7) is 10.4. The molecule has 0 radical (unpaired) electrons. The van der Waals surface area contributed by atoms with Crippen LogP contribution in [0.5, 0.6) is 0 Å². The normalized spacial score (nSPS) is 17.3. The summed E-state index contributed by atoms with van der Waals surface area (Å²) in [6, 6.07) is 9.11. The van der Waals surface area contributed by atoms with Gasteiger partial charge in [-0.05, 0) is 51.8 Å². The van der Waals surface area contributed by atoms with Gasteiger partial charge in [-0.15, -0.1) is 0 Å². The molecule has 0 bridgehead atoms. The van der Waals surface area contributed by atoms with Crippen LogP contribution in [0.3, 0.4) is 0 Å². The predicted molar refractivity (Wildman–Crippen MR) is 132 cm³/mol. The molecule has 2 rings (SSSR count). The summed E-state index contributed by atoms with van der Waals surface area (Å²) in [5.41, 5.74) is 0. The Morgan fingerprint density at radius 2 is 1.24 bits per heavy atom. The molecule has 1 fully saturated rings. The van der Waals surface area contributed by atoms with Crippen molar-refractivity contribution < 1.29 is 30.0 Å². The van der Waals surface area contributed by atoms with E-state index in [9.17, 15) is 30.0 Å². The summed E-state index contributed by atoms with van der Waals surface area (Å²) >= 11 is 1.26. The summed E-state index contributed by atoms with van der Waals surface area (Å²) in [4.78, 5) is 27.0. The summed E-state index contributed by atoms with van der Waals surface area (Å²) in [6.07, 6.45) is -1.79. The molecule has 4 unspecified atom stereocenters. The van der Waals surface area contributed by atoms with Crippen LogP contribution in [-0.4, -0.2) is 117 Å². The zero-order valence-corrected chi connectivity index (χ0v) is 21.3. The monoisotopic (exact) mass is 500 g/mol. The molecule has 5 N–H and O–H groups in total. The number of benzene rings is 1. The lowest BCUT2D eigenvalue weighted by Crippen LogP contribution is -2.44. The Morgan fingerprint density at radius 3 is 1.56 bits per heavy atom. The van der Waals surface area contributed by atoms with Gasteiger partial charge in [-0.2, -0.15) is 0 Å². The maximum Gasteiger partial charge on any atom is 0.334 e. The van der Waals surface area contributed by atoms with Gasteiger partial charge in [-0.1, -0.05) is 18.2 Å². The van der Waals surface area contributed by atoms with Crippen LogP contribution in [0.4, 0.5) is 4.79 Å². The number of aliphatic hydroxyl groups excluding tert-OH is 4. The minimum Gasteiger partial charge on any atom is -0.392 e. The van der Waals surface area contributed by atoms with Gasteiger partial charge in [0.15, 0.2) is 0 Å². The maximum absolute atomic E-state index is 11.2. The average Bonchev–Trinajstić information content (AvgIpc) is 3.02. The number of carbonyl (C=O) groups excluding carboxylic acids is 2. The second-order valence-electron chi connectivity index (χ2n) is 8.71. The number of imide groups is 1. The van der Waals surface area contributed by atoms with E-state index in [1.807, 2.05) is 40.1 Å². The molecule has 194 valence electrons. The molecule has 1 aromatic rings. The van der Waals surface area contributed by atoms with Crippen molar-refractivity contribution in [2.75, 3.05) is 45.8 Å². The molecule has 1 aromatic carbocycles. The van der Waals surface area contributed by atoms with Gasteiger partial charge in [0.2, 0.25) is 5.91 Å².